The summed E-state index contributed by atoms with van der Waals surface area (Å²) in [5, 5.41) is 3.35. The number of morpholine rings is 1. The van der Waals surface area contributed by atoms with Gasteiger partial charge in [0.15, 0.2) is 0 Å². The SMILES string of the molecule is CC1CN(S(=O)(=O)N2CC(C)OC(C)C2)CC(C)N1.Cl. The fourth-order valence-corrected chi connectivity index (χ4v) is 4.89. The lowest BCUT2D eigenvalue weighted by Gasteiger charge is -2.41. The third-order valence-electron chi connectivity index (χ3n) is 3.56. The number of halogens is 1. The van der Waals surface area contributed by atoms with Gasteiger partial charge in [0.05, 0.1) is 12.2 Å². The van der Waals surface area contributed by atoms with Gasteiger partial charge in [-0.05, 0) is 27.7 Å². The highest BCUT2D eigenvalue weighted by molar-refractivity contribution is 7.86. The predicted octanol–water partition coefficient (Wildman–Crippen LogP) is 0.444. The Kier molecular flexibility index (Phi) is 6.25. The zero-order valence-corrected chi connectivity index (χ0v) is 14.2. The molecule has 4 atom stereocenters. The van der Waals surface area contributed by atoms with Crippen LogP contribution in [0.4, 0.5) is 0 Å². The predicted molar refractivity (Wildman–Crippen MR) is 81.4 cm³/mol. The van der Waals surface area contributed by atoms with E-state index in [4.69, 9.17) is 4.74 Å². The van der Waals surface area contributed by atoms with E-state index in [2.05, 4.69) is 5.32 Å². The van der Waals surface area contributed by atoms with Crippen molar-refractivity contribution >= 4 is 22.6 Å². The number of hydrogen-bond acceptors (Lipinski definition) is 4. The largest absolute Gasteiger partial charge is 0.373 e. The molecule has 0 aromatic carbocycles. The van der Waals surface area contributed by atoms with Gasteiger partial charge in [0.25, 0.3) is 10.2 Å². The maximum atomic E-state index is 12.7. The Morgan fingerprint density at radius 2 is 1.30 bits per heavy atom. The highest BCUT2D eigenvalue weighted by Crippen LogP contribution is 2.19. The summed E-state index contributed by atoms with van der Waals surface area (Å²) in [5.41, 5.74) is 0. The van der Waals surface area contributed by atoms with Crippen LogP contribution in [0.1, 0.15) is 27.7 Å². The van der Waals surface area contributed by atoms with Crippen LogP contribution in [-0.2, 0) is 14.9 Å². The summed E-state index contributed by atoms with van der Waals surface area (Å²) in [7, 11) is -3.37. The quantitative estimate of drug-likeness (QED) is 0.799. The Morgan fingerprint density at radius 1 is 0.900 bits per heavy atom. The van der Waals surface area contributed by atoms with E-state index in [-0.39, 0.29) is 36.7 Å². The summed E-state index contributed by atoms with van der Waals surface area (Å²) in [6.07, 6.45) is -0.0902. The molecule has 2 aliphatic rings. The third-order valence-corrected chi connectivity index (χ3v) is 5.46. The zero-order chi connectivity index (χ0) is 14.2. The Balaban J connectivity index is 0.00000200. The van der Waals surface area contributed by atoms with Gasteiger partial charge in [-0.25, -0.2) is 0 Å². The summed E-state index contributed by atoms with van der Waals surface area (Å²) in [6, 6.07) is 0.379. The van der Waals surface area contributed by atoms with Gasteiger partial charge in [0.1, 0.15) is 0 Å². The molecule has 8 heteroatoms. The van der Waals surface area contributed by atoms with Crippen LogP contribution in [0.25, 0.3) is 0 Å². The lowest BCUT2D eigenvalue weighted by atomic mass is 10.2. The Hall–Kier alpha value is 0.0800. The summed E-state index contributed by atoms with van der Waals surface area (Å²) >= 11 is 0. The maximum absolute atomic E-state index is 12.7. The third kappa shape index (κ3) is 4.05. The molecule has 0 saturated carbocycles. The van der Waals surface area contributed by atoms with Crippen LogP contribution in [0.2, 0.25) is 0 Å². The normalized spacial score (nSPS) is 37.4. The lowest BCUT2D eigenvalue weighted by Crippen LogP contribution is -2.60. The van der Waals surface area contributed by atoms with E-state index in [0.29, 0.717) is 26.2 Å². The van der Waals surface area contributed by atoms with E-state index in [1.165, 1.54) is 0 Å². The van der Waals surface area contributed by atoms with Crippen molar-refractivity contribution in [1.82, 2.24) is 13.9 Å². The molecule has 0 aromatic rings. The molecule has 0 aliphatic carbocycles. The van der Waals surface area contributed by atoms with E-state index in [1.807, 2.05) is 27.7 Å². The van der Waals surface area contributed by atoms with Crippen molar-refractivity contribution in [2.24, 2.45) is 0 Å². The summed E-state index contributed by atoms with van der Waals surface area (Å²) in [5.74, 6) is 0. The van der Waals surface area contributed by atoms with Gasteiger partial charge in [0, 0.05) is 38.3 Å². The van der Waals surface area contributed by atoms with E-state index in [9.17, 15) is 8.42 Å². The molecule has 2 heterocycles. The second kappa shape index (κ2) is 6.89. The van der Waals surface area contributed by atoms with Gasteiger partial charge in [-0.3, -0.25) is 0 Å². The highest BCUT2D eigenvalue weighted by atomic mass is 35.5. The van der Waals surface area contributed by atoms with Gasteiger partial charge >= 0.3 is 0 Å². The fourth-order valence-electron chi connectivity index (χ4n) is 2.95. The van der Waals surface area contributed by atoms with Crippen molar-refractivity contribution in [2.45, 2.75) is 52.0 Å². The maximum Gasteiger partial charge on any atom is 0.282 e. The number of nitrogens with zero attached hydrogens (tertiary/aromatic N) is 2. The number of nitrogens with one attached hydrogen (secondary N) is 1. The van der Waals surface area contributed by atoms with Crippen LogP contribution in [0, 0.1) is 0 Å². The molecular weight excluding hydrogens is 302 g/mol. The van der Waals surface area contributed by atoms with Crippen LogP contribution < -0.4 is 5.32 Å². The van der Waals surface area contributed by atoms with Crippen molar-refractivity contribution in [3.63, 3.8) is 0 Å². The summed E-state index contributed by atoms with van der Waals surface area (Å²) in [4.78, 5) is 0. The Labute approximate surface area is 128 Å². The zero-order valence-electron chi connectivity index (χ0n) is 12.6. The summed E-state index contributed by atoms with van der Waals surface area (Å²) in [6.45, 7) is 9.83. The number of piperazine rings is 1. The fraction of sp³-hybridized carbons (Fsp3) is 1.00. The van der Waals surface area contributed by atoms with Crippen LogP contribution in [0.5, 0.6) is 0 Å². The minimum absolute atomic E-state index is 0. The topological polar surface area (TPSA) is 61.9 Å². The molecule has 1 N–H and O–H groups in total. The van der Waals surface area contributed by atoms with Crippen LogP contribution in [0.3, 0.4) is 0 Å². The highest BCUT2D eigenvalue weighted by Gasteiger charge is 2.37. The molecule has 6 nitrogen and oxygen atoms in total. The van der Waals surface area contributed by atoms with E-state index >= 15 is 0 Å². The van der Waals surface area contributed by atoms with E-state index in [0.717, 1.165) is 0 Å². The molecule has 2 saturated heterocycles. The molecular formula is C12H26ClN3O3S. The van der Waals surface area contributed by atoms with Crippen LogP contribution in [0.15, 0.2) is 0 Å². The minimum atomic E-state index is -3.37. The lowest BCUT2D eigenvalue weighted by molar-refractivity contribution is -0.0457. The standard InChI is InChI=1S/C12H25N3O3S.ClH/c1-9-5-14(6-10(2)13-9)19(16,17)15-7-11(3)18-12(4)8-15;/h9-13H,5-8H2,1-4H3;1H. The molecule has 120 valence electrons. The number of ether oxygens (including phenoxy) is 1. The molecule has 2 rings (SSSR count). The van der Waals surface area contributed by atoms with Crippen molar-refractivity contribution in [1.29, 1.82) is 0 Å². The van der Waals surface area contributed by atoms with Crippen molar-refractivity contribution < 1.29 is 13.2 Å². The minimum Gasteiger partial charge on any atom is -0.373 e. The average molecular weight is 328 g/mol. The van der Waals surface area contributed by atoms with Crippen LogP contribution >= 0.6 is 12.4 Å². The van der Waals surface area contributed by atoms with E-state index in [1.54, 1.807) is 8.61 Å². The molecule has 0 aromatic heterocycles. The monoisotopic (exact) mass is 327 g/mol. The molecule has 0 amide bonds. The molecule has 0 bridgehead atoms. The first kappa shape index (κ1) is 18.1. The smallest absolute Gasteiger partial charge is 0.282 e. The first-order valence-electron chi connectivity index (χ1n) is 6.95. The molecule has 20 heavy (non-hydrogen) atoms. The van der Waals surface area contributed by atoms with Crippen molar-refractivity contribution in [3.8, 4) is 0 Å². The summed E-state index contributed by atoms with van der Waals surface area (Å²) < 4.78 is 34.2. The second-order valence-electron chi connectivity index (χ2n) is 5.87. The van der Waals surface area contributed by atoms with Crippen molar-refractivity contribution in [2.75, 3.05) is 26.2 Å². The van der Waals surface area contributed by atoms with Gasteiger partial charge < -0.3 is 10.1 Å². The molecule has 2 fully saturated rings. The van der Waals surface area contributed by atoms with Gasteiger partial charge in [-0.2, -0.15) is 17.0 Å². The second-order valence-corrected chi connectivity index (χ2v) is 7.80. The Morgan fingerprint density at radius 3 is 1.75 bits per heavy atom. The molecule has 0 spiro atoms. The first-order valence-corrected chi connectivity index (χ1v) is 8.35. The Bertz CT molecular complexity index is 368. The van der Waals surface area contributed by atoms with E-state index < -0.39 is 10.2 Å². The number of rotatable bonds is 2. The van der Waals surface area contributed by atoms with Crippen LogP contribution in [-0.4, -0.2) is 67.5 Å². The average Bonchev–Trinajstić information content (AvgIpc) is 2.26. The van der Waals surface area contributed by atoms with Crippen molar-refractivity contribution in [3.05, 3.63) is 0 Å². The van der Waals surface area contributed by atoms with Gasteiger partial charge in [-0.1, -0.05) is 0 Å². The molecule has 2 aliphatic heterocycles. The molecule has 0 radical (unpaired) electrons. The number of hydrogen-bond donors (Lipinski definition) is 1. The molecule has 4 unspecified atom stereocenters. The van der Waals surface area contributed by atoms with Gasteiger partial charge in [-0.15, -0.1) is 12.4 Å². The first-order chi connectivity index (χ1) is 8.79. The van der Waals surface area contributed by atoms with Gasteiger partial charge in [0.2, 0.25) is 0 Å².